The van der Waals surface area contributed by atoms with Crippen LogP contribution >= 0.6 is 0 Å². The van der Waals surface area contributed by atoms with Gasteiger partial charge in [-0.3, -0.25) is 9.69 Å². The lowest BCUT2D eigenvalue weighted by atomic mass is 9.98. The van der Waals surface area contributed by atoms with Crippen molar-refractivity contribution in [2.24, 2.45) is 5.92 Å². The Morgan fingerprint density at radius 3 is 2.52 bits per heavy atom. The van der Waals surface area contributed by atoms with Crippen LogP contribution in [0.1, 0.15) is 35.2 Å². The molecule has 3 rings (SSSR count). The van der Waals surface area contributed by atoms with Crippen LogP contribution in [-0.2, 0) is 11.3 Å². The van der Waals surface area contributed by atoms with Crippen LogP contribution in [0.4, 0.5) is 10.2 Å². The number of aliphatic hydroxyl groups is 1. The third-order valence-corrected chi connectivity index (χ3v) is 5.79. The fraction of sp³-hybridized carbons (Fsp3) is 0.455. The zero-order valence-corrected chi connectivity index (χ0v) is 16.9. The number of likely N-dealkylation sites (tertiary alicyclic amines) is 1. The first kappa shape index (κ1) is 21.0. The maximum atomic E-state index is 13.2. The number of nitrogens with zero attached hydrogens (tertiary/aromatic N) is 3. The van der Waals surface area contributed by atoms with E-state index < -0.39 is 0 Å². The minimum absolute atomic E-state index is 0.165. The fourth-order valence-corrected chi connectivity index (χ4v) is 3.80. The summed E-state index contributed by atoms with van der Waals surface area (Å²) in [7, 11) is 0. The summed E-state index contributed by atoms with van der Waals surface area (Å²) in [5.74, 6) is 0.340. The lowest BCUT2D eigenvalue weighted by Crippen LogP contribution is -2.40. The van der Waals surface area contributed by atoms with Crippen LogP contribution in [0.15, 0.2) is 24.3 Å². The molecule has 1 aromatic carbocycles. The molecule has 2 heterocycles. The normalized spacial score (nSPS) is 15.3. The number of hydrogen-bond acceptors (Lipinski definition) is 4. The number of nitrogens with one attached hydrogen (secondary N) is 1. The van der Waals surface area contributed by atoms with E-state index in [4.69, 9.17) is 0 Å². The fourth-order valence-electron chi connectivity index (χ4n) is 3.80. The van der Waals surface area contributed by atoms with Gasteiger partial charge in [0.05, 0.1) is 12.1 Å². The number of anilines is 1. The number of hydrogen-bond donors (Lipinski definition) is 2. The number of aliphatic hydroxyl groups excluding tert-OH is 1. The van der Waals surface area contributed by atoms with Gasteiger partial charge in [0.25, 0.3) is 0 Å². The molecule has 1 fully saturated rings. The molecular formula is C22H27FN4O2. The van der Waals surface area contributed by atoms with E-state index in [2.05, 4.69) is 16.3 Å². The second kappa shape index (κ2) is 9.21. The molecule has 0 atom stereocenters. The molecular weight excluding hydrogens is 371 g/mol. The highest BCUT2D eigenvalue weighted by Gasteiger charge is 2.23. The van der Waals surface area contributed by atoms with Crippen LogP contribution in [0.3, 0.4) is 0 Å². The van der Waals surface area contributed by atoms with Crippen molar-refractivity contribution < 1.29 is 14.3 Å². The smallest absolute Gasteiger partial charge is 0.239 e. The number of benzene rings is 1. The third kappa shape index (κ3) is 4.84. The summed E-state index contributed by atoms with van der Waals surface area (Å²) in [4.78, 5) is 14.8. The molecule has 0 aliphatic carbocycles. The number of carbonyl (C=O) groups is 1. The van der Waals surface area contributed by atoms with Crippen molar-refractivity contribution in [2.75, 3.05) is 31.6 Å². The van der Waals surface area contributed by atoms with E-state index in [-0.39, 0.29) is 24.9 Å². The minimum atomic E-state index is -0.301. The first-order valence-corrected chi connectivity index (χ1v) is 9.90. The summed E-state index contributed by atoms with van der Waals surface area (Å²) in [6.07, 6.45) is 1.76. The average Bonchev–Trinajstić information content (AvgIpc) is 2.94. The molecule has 0 unspecified atom stereocenters. The molecule has 7 heteroatoms. The van der Waals surface area contributed by atoms with Crippen LogP contribution in [0.2, 0.25) is 0 Å². The maximum Gasteiger partial charge on any atom is 0.239 e. The largest absolute Gasteiger partial charge is 0.396 e. The van der Waals surface area contributed by atoms with Crippen molar-refractivity contribution >= 4 is 11.7 Å². The second-order valence-corrected chi connectivity index (χ2v) is 7.71. The monoisotopic (exact) mass is 398 g/mol. The maximum absolute atomic E-state index is 13.2. The van der Waals surface area contributed by atoms with E-state index in [1.807, 2.05) is 18.4 Å². The highest BCUT2D eigenvalue weighted by Crippen LogP contribution is 2.27. The van der Waals surface area contributed by atoms with Crippen molar-refractivity contribution in [1.29, 1.82) is 5.26 Å². The van der Waals surface area contributed by atoms with Gasteiger partial charge >= 0.3 is 0 Å². The molecule has 29 heavy (non-hydrogen) atoms. The molecule has 0 spiro atoms. The predicted octanol–water partition coefficient (Wildman–Crippen LogP) is 2.81. The summed E-state index contributed by atoms with van der Waals surface area (Å²) in [5, 5.41) is 21.8. The quantitative estimate of drug-likeness (QED) is 0.784. The van der Waals surface area contributed by atoms with Gasteiger partial charge < -0.3 is 15.0 Å². The summed E-state index contributed by atoms with van der Waals surface area (Å²) >= 11 is 0. The van der Waals surface area contributed by atoms with Crippen molar-refractivity contribution in [1.82, 2.24) is 9.47 Å². The molecule has 1 aromatic heterocycles. The Labute approximate surface area is 170 Å². The Morgan fingerprint density at radius 1 is 1.28 bits per heavy atom. The highest BCUT2D eigenvalue weighted by atomic mass is 19.1. The predicted molar refractivity (Wildman–Crippen MR) is 109 cm³/mol. The number of carbonyl (C=O) groups excluding carboxylic acids is 1. The molecule has 0 saturated carbocycles. The van der Waals surface area contributed by atoms with E-state index in [1.165, 1.54) is 12.1 Å². The van der Waals surface area contributed by atoms with Crippen molar-refractivity contribution in [3.63, 3.8) is 0 Å². The number of piperidine rings is 1. The zero-order valence-electron chi connectivity index (χ0n) is 16.9. The van der Waals surface area contributed by atoms with E-state index in [0.29, 0.717) is 23.8 Å². The standard InChI is InChI=1S/C22H27FN4O2/c1-15-16(2)27(12-17-3-5-19(23)6-4-17)22(20(15)11-24)25-21(29)13-26-9-7-18(14-28)8-10-26/h3-6,18,28H,7-10,12-14H2,1-2H3,(H,25,29). The number of rotatable bonds is 6. The van der Waals surface area contributed by atoms with Crippen molar-refractivity contribution in [3.05, 3.63) is 52.5 Å². The molecule has 2 aromatic rings. The van der Waals surface area contributed by atoms with Gasteiger partial charge in [-0.2, -0.15) is 5.26 Å². The van der Waals surface area contributed by atoms with Gasteiger partial charge in [-0.1, -0.05) is 12.1 Å². The molecule has 2 N–H and O–H groups in total. The zero-order chi connectivity index (χ0) is 21.0. The number of amides is 1. The molecule has 0 radical (unpaired) electrons. The highest BCUT2D eigenvalue weighted by molar-refractivity contribution is 5.93. The Bertz CT molecular complexity index is 906. The van der Waals surface area contributed by atoms with Gasteiger partial charge in [0.2, 0.25) is 5.91 Å². The molecule has 1 aliphatic rings. The van der Waals surface area contributed by atoms with Gasteiger partial charge in [0.15, 0.2) is 0 Å². The molecule has 0 bridgehead atoms. The molecule has 154 valence electrons. The third-order valence-electron chi connectivity index (χ3n) is 5.79. The van der Waals surface area contributed by atoms with E-state index in [1.54, 1.807) is 12.1 Å². The van der Waals surface area contributed by atoms with Gasteiger partial charge in [0.1, 0.15) is 17.7 Å². The first-order valence-electron chi connectivity index (χ1n) is 9.90. The molecule has 1 amide bonds. The summed E-state index contributed by atoms with van der Waals surface area (Å²) in [6.45, 7) is 6.21. The summed E-state index contributed by atoms with van der Waals surface area (Å²) in [5.41, 5.74) is 3.06. The van der Waals surface area contributed by atoms with Gasteiger partial charge in [-0.25, -0.2) is 4.39 Å². The lowest BCUT2D eigenvalue weighted by molar-refractivity contribution is -0.117. The Hall–Kier alpha value is -2.69. The molecule has 1 aliphatic heterocycles. The first-order chi connectivity index (χ1) is 13.9. The van der Waals surface area contributed by atoms with E-state index >= 15 is 0 Å². The number of aromatic nitrogens is 1. The van der Waals surface area contributed by atoms with Crippen LogP contribution in [0, 0.1) is 36.9 Å². The number of halogens is 1. The van der Waals surface area contributed by atoms with Crippen LogP contribution < -0.4 is 5.32 Å². The second-order valence-electron chi connectivity index (χ2n) is 7.71. The Kier molecular flexibility index (Phi) is 6.68. The lowest BCUT2D eigenvalue weighted by Gasteiger charge is -2.30. The van der Waals surface area contributed by atoms with Crippen molar-refractivity contribution in [3.8, 4) is 6.07 Å². The summed E-state index contributed by atoms with van der Waals surface area (Å²) < 4.78 is 15.1. The van der Waals surface area contributed by atoms with Gasteiger partial charge in [-0.15, -0.1) is 0 Å². The van der Waals surface area contributed by atoms with Gasteiger partial charge in [-0.05, 0) is 69.0 Å². The molecule has 6 nitrogen and oxygen atoms in total. The number of nitriles is 1. The summed E-state index contributed by atoms with van der Waals surface area (Å²) in [6, 6.07) is 8.41. The van der Waals surface area contributed by atoms with E-state index in [9.17, 15) is 19.6 Å². The van der Waals surface area contributed by atoms with Crippen LogP contribution in [-0.4, -0.2) is 46.7 Å². The van der Waals surface area contributed by atoms with Gasteiger partial charge in [0, 0.05) is 18.8 Å². The minimum Gasteiger partial charge on any atom is -0.396 e. The Morgan fingerprint density at radius 2 is 1.93 bits per heavy atom. The average molecular weight is 398 g/mol. The van der Waals surface area contributed by atoms with Crippen LogP contribution in [0.25, 0.3) is 0 Å². The van der Waals surface area contributed by atoms with Crippen LogP contribution in [0.5, 0.6) is 0 Å². The van der Waals surface area contributed by atoms with Crippen molar-refractivity contribution in [2.45, 2.75) is 33.2 Å². The topological polar surface area (TPSA) is 81.3 Å². The SMILES string of the molecule is Cc1c(C#N)c(NC(=O)CN2CCC(CO)CC2)n(Cc2ccc(F)cc2)c1C. The Balaban J connectivity index is 1.77. The van der Waals surface area contributed by atoms with E-state index in [0.717, 1.165) is 42.8 Å². The molecule has 1 saturated heterocycles.